The molecule has 0 N–H and O–H groups in total. The van der Waals surface area contributed by atoms with Crippen molar-refractivity contribution in [1.29, 1.82) is 0 Å². The minimum atomic E-state index is -0.704. The van der Waals surface area contributed by atoms with E-state index in [1.54, 1.807) is 72.8 Å². The number of fused-ring (bicyclic) bond motifs is 2. The molecule has 0 bridgehead atoms. The van der Waals surface area contributed by atoms with Crippen LogP contribution in [0.25, 0.3) is 22.2 Å². The van der Waals surface area contributed by atoms with Crippen molar-refractivity contribution >= 4 is 63.4 Å². The van der Waals surface area contributed by atoms with Gasteiger partial charge in [0.05, 0.1) is 34.3 Å². The van der Waals surface area contributed by atoms with Gasteiger partial charge in [0.2, 0.25) is 11.8 Å². The Bertz CT molecular complexity index is 1720. The maximum absolute atomic E-state index is 13.2. The number of aromatic nitrogens is 1. The van der Waals surface area contributed by atoms with E-state index in [2.05, 4.69) is 0 Å². The van der Waals surface area contributed by atoms with Crippen molar-refractivity contribution in [2.24, 2.45) is 11.8 Å². The van der Waals surface area contributed by atoms with Crippen LogP contribution in [0.1, 0.15) is 33.6 Å². The predicted octanol–water partition coefficient (Wildman–Crippen LogP) is 6.70. The molecule has 3 aromatic carbocycles. The Hall–Kier alpha value is -4.33. The predicted molar refractivity (Wildman–Crippen MR) is 156 cm³/mol. The largest absolute Gasteiger partial charge is 0.454 e. The van der Waals surface area contributed by atoms with Crippen molar-refractivity contribution in [1.82, 2.24) is 4.98 Å². The maximum Gasteiger partial charge on any atom is 0.339 e. The standard InChI is InChI=1S/C32H22Cl2N2O5/c33-20-9-5-19(6-10-20)29(37)17-41-32(40)26-16-28(35-27-14-11-21(34)15-25(26)27)18-7-12-22(13-8-18)36-30(38)23-3-1-2-4-24(23)31(36)39/h1-2,5-16,23-24H,3-4,17H2. The molecule has 0 radical (unpaired) electrons. The summed E-state index contributed by atoms with van der Waals surface area (Å²) in [4.78, 5) is 57.7. The Morgan fingerprint density at radius 2 is 1.46 bits per heavy atom. The molecule has 2 heterocycles. The lowest BCUT2D eigenvalue weighted by Gasteiger charge is -2.15. The van der Waals surface area contributed by atoms with Gasteiger partial charge in [0.25, 0.3) is 0 Å². The number of anilines is 1. The lowest BCUT2D eigenvalue weighted by atomic mass is 9.85. The van der Waals surface area contributed by atoms with Gasteiger partial charge in [-0.2, -0.15) is 0 Å². The summed E-state index contributed by atoms with van der Waals surface area (Å²) in [5.74, 6) is -2.08. The summed E-state index contributed by atoms with van der Waals surface area (Å²) in [5, 5.41) is 1.39. The molecule has 4 aromatic rings. The fourth-order valence-corrected chi connectivity index (χ4v) is 5.58. The molecular weight excluding hydrogens is 563 g/mol. The van der Waals surface area contributed by atoms with Crippen LogP contribution in [0.5, 0.6) is 0 Å². The lowest BCUT2D eigenvalue weighted by molar-refractivity contribution is -0.122. The fourth-order valence-electron chi connectivity index (χ4n) is 5.28. The highest BCUT2D eigenvalue weighted by Gasteiger charge is 2.47. The number of halogens is 2. The van der Waals surface area contributed by atoms with Gasteiger partial charge in [-0.3, -0.25) is 19.3 Å². The number of Topliss-reactive ketones (excluding diaryl/α,β-unsaturated/α-hetero) is 1. The number of ether oxygens (including phenoxy) is 1. The molecule has 2 unspecified atom stereocenters. The molecule has 1 aliphatic heterocycles. The molecule has 1 saturated heterocycles. The quantitative estimate of drug-likeness (QED) is 0.108. The highest BCUT2D eigenvalue weighted by molar-refractivity contribution is 6.31. The molecule has 1 fully saturated rings. The average Bonchev–Trinajstić information content (AvgIpc) is 3.25. The van der Waals surface area contributed by atoms with Gasteiger partial charge in [-0.25, -0.2) is 9.78 Å². The number of pyridine rings is 1. The summed E-state index contributed by atoms with van der Waals surface area (Å²) in [5.41, 5.74) is 2.70. The first-order valence-corrected chi connectivity index (χ1v) is 13.7. The molecule has 1 aromatic heterocycles. The Morgan fingerprint density at radius 1 is 0.829 bits per heavy atom. The number of benzene rings is 3. The first-order chi connectivity index (χ1) is 19.8. The van der Waals surface area contributed by atoms with Gasteiger partial charge in [-0.05, 0) is 73.5 Å². The monoisotopic (exact) mass is 584 g/mol. The molecule has 6 rings (SSSR count). The van der Waals surface area contributed by atoms with Crippen molar-refractivity contribution in [2.75, 3.05) is 11.5 Å². The van der Waals surface area contributed by atoms with Crippen LogP contribution in [-0.4, -0.2) is 35.2 Å². The third kappa shape index (κ3) is 5.14. The summed E-state index contributed by atoms with van der Waals surface area (Å²) in [7, 11) is 0. The molecule has 204 valence electrons. The van der Waals surface area contributed by atoms with Crippen LogP contribution in [0, 0.1) is 11.8 Å². The Labute approximate surface area is 245 Å². The van der Waals surface area contributed by atoms with Crippen LogP contribution in [0.4, 0.5) is 5.69 Å². The van der Waals surface area contributed by atoms with Gasteiger partial charge < -0.3 is 4.74 Å². The van der Waals surface area contributed by atoms with E-state index in [0.29, 0.717) is 56.3 Å². The number of ketones is 1. The number of carbonyl (C=O) groups is 4. The molecule has 0 saturated carbocycles. The van der Waals surface area contributed by atoms with E-state index in [9.17, 15) is 19.2 Å². The van der Waals surface area contributed by atoms with E-state index in [0.717, 1.165) is 0 Å². The highest BCUT2D eigenvalue weighted by atomic mass is 35.5. The van der Waals surface area contributed by atoms with E-state index in [1.165, 1.54) is 4.90 Å². The van der Waals surface area contributed by atoms with Gasteiger partial charge in [-0.15, -0.1) is 0 Å². The zero-order valence-electron chi connectivity index (χ0n) is 21.6. The molecular formula is C32H22Cl2N2O5. The first-order valence-electron chi connectivity index (χ1n) is 13.0. The van der Waals surface area contributed by atoms with Crippen molar-refractivity contribution in [3.8, 4) is 11.3 Å². The Morgan fingerprint density at radius 3 is 2.12 bits per heavy atom. The second-order valence-electron chi connectivity index (χ2n) is 9.94. The number of hydrogen-bond donors (Lipinski definition) is 0. The number of hydrogen-bond acceptors (Lipinski definition) is 6. The number of esters is 1. The number of imide groups is 1. The van der Waals surface area contributed by atoms with Crippen molar-refractivity contribution < 1.29 is 23.9 Å². The van der Waals surface area contributed by atoms with Crippen LogP contribution in [0.2, 0.25) is 10.0 Å². The third-order valence-electron chi connectivity index (χ3n) is 7.42. The molecule has 41 heavy (non-hydrogen) atoms. The number of amides is 2. The SMILES string of the molecule is O=C(COC(=O)c1cc(-c2ccc(N3C(=O)C4CC=CCC4C3=O)cc2)nc2ccc(Cl)cc12)c1ccc(Cl)cc1. The zero-order valence-corrected chi connectivity index (χ0v) is 23.1. The van der Waals surface area contributed by atoms with Gasteiger partial charge >= 0.3 is 5.97 Å². The van der Waals surface area contributed by atoms with Crippen molar-refractivity contribution in [2.45, 2.75) is 12.8 Å². The summed E-state index contributed by atoms with van der Waals surface area (Å²) in [6, 6.07) is 19.8. The third-order valence-corrected chi connectivity index (χ3v) is 7.91. The molecule has 2 amide bonds. The molecule has 9 heteroatoms. The number of carbonyl (C=O) groups excluding carboxylic acids is 4. The summed E-state index contributed by atoms with van der Waals surface area (Å²) < 4.78 is 5.39. The second-order valence-corrected chi connectivity index (χ2v) is 10.8. The van der Waals surface area contributed by atoms with Crippen LogP contribution < -0.4 is 4.90 Å². The minimum Gasteiger partial charge on any atom is -0.454 e. The van der Waals surface area contributed by atoms with E-state index >= 15 is 0 Å². The van der Waals surface area contributed by atoms with Gasteiger partial charge in [-0.1, -0.05) is 47.5 Å². The van der Waals surface area contributed by atoms with Gasteiger partial charge in [0.15, 0.2) is 12.4 Å². The zero-order chi connectivity index (χ0) is 28.7. The molecule has 7 nitrogen and oxygen atoms in total. The van der Waals surface area contributed by atoms with Gasteiger partial charge in [0.1, 0.15) is 0 Å². The Balaban J connectivity index is 1.28. The van der Waals surface area contributed by atoms with Crippen LogP contribution in [-0.2, 0) is 14.3 Å². The van der Waals surface area contributed by atoms with Crippen molar-refractivity contribution in [3.63, 3.8) is 0 Å². The van der Waals surface area contributed by atoms with Crippen LogP contribution in [0.3, 0.4) is 0 Å². The minimum absolute atomic E-state index is 0.184. The molecule has 2 aliphatic rings. The van der Waals surface area contributed by atoms with Crippen molar-refractivity contribution in [3.05, 3.63) is 106 Å². The van der Waals surface area contributed by atoms with Crippen LogP contribution in [0.15, 0.2) is 84.9 Å². The number of rotatable bonds is 6. The Kier molecular flexibility index (Phi) is 7.15. The second kappa shape index (κ2) is 10.9. The van der Waals surface area contributed by atoms with E-state index in [-0.39, 0.29) is 35.0 Å². The maximum atomic E-state index is 13.2. The normalized spacial score (nSPS) is 18.0. The first kappa shape index (κ1) is 26.9. The topological polar surface area (TPSA) is 93.6 Å². The summed E-state index contributed by atoms with van der Waals surface area (Å²) in [6.45, 7) is -0.454. The van der Waals surface area contributed by atoms with Gasteiger partial charge in [0, 0.05) is 26.6 Å². The number of nitrogens with zero attached hydrogens (tertiary/aromatic N) is 2. The molecule has 0 spiro atoms. The number of allylic oxidation sites excluding steroid dienone is 2. The van der Waals surface area contributed by atoms with E-state index in [4.69, 9.17) is 32.9 Å². The van der Waals surface area contributed by atoms with Crippen LogP contribution >= 0.6 is 23.2 Å². The highest BCUT2D eigenvalue weighted by Crippen LogP contribution is 2.38. The smallest absolute Gasteiger partial charge is 0.339 e. The molecule has 1 aliphatic carbocycles. The fraction of sp³-hybridized carbons (Fsp3) is 0.156. The summed E-state index contributed by atoms with van der Waals surface area (Å²) in [6.07, 6.45) is 5.04. The summed E-state index contributed by atoms with van der Waals surface area (Å²) >= 11 is 12.1. The molecule has 2 atom stereocenters. The lowest BCUT2D eigenvalue weighted by Crippen LogP contribution is -2.30. The van der Waals surface area contributed by atoms with E-state index < -0.39 is 12.6 Å². The average molecular weight is 585 g/mol. The van der Waals surface area contributed by atoms with E-state index in [1.807, 2.05) is 12.2 Å².